The highest BCUT2D eigenvalue weighted by atomic mass is 32.1. The molecule has 0 saturated heterocycles. The van der Waals surface area contributed by atoms with Crippen molar-refractivity contribution in [1.82, 2.24) is 0 Å². The molecular formula is C14H10N4O4S. The molecule has 0 saturated carbocycles. The molecule has 0 aliphatic carbocycles. The van der Waals surface area contributed by atoms with Gasteiger partial charge in [-0.05, 0) is 18.2 Å². The summed E-state index contributed by atoms with van der Waals surface area (Å²) < 4.78 is 0. The molecule has 1 aromatic heterocycles. The molecule has 1 aromatic carbocycles. The van der Waals surface area contributed by atoms with Crippen LogP contribution in [0.5, 0.6) is 0 Å². The van der Waals surface area contributed by atoms with Crippen molar-refractivity contribution in [3.8, 4) is 0 Å². The minimum Gasteiger partial charge on any atom is -0.366 e. The second kappa shape index (κ2) is 5.21. The number of hydrogen-bond acceptors (Lipinski definition) is 5. The van der Waals surface area contributed by atoms with Crippen molar-refractivity contribution in [2.45, 2.75) is 0 Å². The van der Waals surface area contributed by atoms with Crippen LogP contribution < -0.4 is 21.7 Å². The number of carbonyl (C=O) groups is 4. The molecule has 5 N–H and O–H groups in total. The van der Waals surface area contributed by atoms with Crippen molar-refractivity contribution >= 4 is 45.1 Å². The fourth-order valence-corrected chi connectivity index (χ4v) is 3.33. The summed E-state index contributed by atoms with van der Waals surface area (Å²) in [5.74, 6) is -1.82. The number of nitrogens with zero attached hydrogens (tertiary/aromatic N) is 1. The molecule has 116 valence electrons. The normalized spacial score (nSPS) is 13.1. The highest BCUT2D eigenvalue weighted by Gasteiger charge is 2.38. The van der Waals surface area contributed by atoms with Gasteiger partial charge in [-0.1, -0.05) is 23.5 Å². The quantitative estimate of drug-likeness (QED) is 0.727. The third-order valence-electron chi connectivity index (χ3n) is 3.24. The van der Waals surface area contributed by atoms with Crippen LogP contribution in [0.15, 0.2) is 30.3 Å². The van der Waals surface area contributed by atoms with Crippen molar-refractivity contribution in [1.29, 1.82) is 0 Å². The molecule has 0 unspecified atom stereocenters. The molecule has 2 aromatic rings. The molecule has 0 fully saturated rings. The second-order valence-electron chi connectivity index (χ2n) is 4.67. The maximum Gasteiger partial charge on any atom is 0.317 e. The van der Waals surface area contributed by atoms with Gasteiger partial charge in [-0.15, -0.1) is 0 Å². The first-order valence-electron chi connectivity index (χ1n) is 6.38. The van der Waals surface area contributed by atoms with E-state index in [4.69, 9.17) is 11.5 Å². The van der Waals surface area contributed by atoms with E-state index in [0.717, 1.165) is 16.2 Å². The van der Waals surface area contributed by atoms with Crippen molar-refractivity contribution in [2.24, 2.45) is 11.5 Å². The summed E-state index contributed by atoms with van der Waals surface area (Å²) in [5.41, 5.74) is 10.8. The summed E-state index contributed by atoms with van der Waals surface area (Å²) in [5, 5.41) is 2.51. The lowest BCUT2D eigenvalue weighted by molar-refractivity contribution is 0.0924. The number of nitrogens with two attached hydrogens (primary N) is 2. The fourth-order valence-electron chi connectivity index (χ4n) is 2.27. The van der Waals surface area contributed by atoms with Gasteiger partial charge >= 0.3 is 6.03 Å². The molecule has 5 amide bonds. The zero-order valence-electron chi connectivity index (χ0n) is 11.5. The zero-order chi connectivity index (χ0) is 16.7. The third-order valence-corrected chi connectivity index (χ3v) is 4.27. The summed E-state index contributed by atoms with van der Waals surface area (Å²) in [6, 6.07) is 6.78. The largest absolute Gasteiger partial charge is 0.366 e. The Morgan fingerprint density at radius 2 is 1.61 bits per heavy atom. The smallest absolute Gasteiger partial charge is 0.317 e. The van der Waals surface area contributed by atoms with E-state index < -0.39 is 23.8 Å². The van der Waals surface area contributed by atoms with E-state index in [1.165, 1.54) is 6.07 Å². The van der Waals surface area contributed by atoms with Crippen LogP contribution in [0, 0.1) is 0 Å². The van der Waals surface area contributed by atoms with Crippen LogP contribution in [-0.2, 0) is 0 Å². The number of benzene rings is 1. The highest BCUT2D eigenvalue weighted by molar-refractivity contribution is 7.21. The second-order valence-corrected chi connectivity index (χ2v) is 5.70. The molecule has 0 spiro atoms. The number of imide groups is 1. The molecule has 9 heteroatoms. The van der Waals surface area contributed by atoms with Crippen LogP contribution in [0.4, 0.5) is 14.8 Å². The number of rotatable bonds is 3. The summed E-state index contributed by atoms with van der Waals surface area (Å²) in [4.78, 5) is 48.2. The fraction of sp³-hybridized carbons (Fsp3) is 0. The molecule has 23 heavy (non-hydrogen) atoms. The topological polar surface area (TPSA) is 136 Å². The highest BCUT2D eigenvalue weighted by Crippen LogP contribution is 2.38. The van der Waals surface area contributed by atoms with Gasteiger partial charge in [-0.2, -0.15) is 0 Å². The predicted octanol–water partition coefficient (Wildman–Crippen LogP) is 1.14. The average molecular weight is 330 g/mol. The Balaban J connectivity index is 2.07. The van der Waals surface area contributed by atoms with Gasteiger partial charge in [0.15, 0.2) is 0 Å². The van der Waals surface area contributed by atoms with E-state index in [-0.39, 0.29) is 26.7 Å². The van der Waals surface area contributed by atoms with Gasteiger partial charge in [0.05, 0.1) is 16.7 Å². The summed E-state index contributed by atoms with van der Waals surface area (Å²) in [6.07, 6.45) is 0. The average Bonchev–Trinajstić information content (AvgIpc) is 2.99. The first kappa shape index (κ1) is 14.7. The number of amides is 5. The molecule has 0 atom stereocenters. The van der Waals surface area contributed by atoms with E-state index in [9.17, 15) is 19.2 Å². The Morgan fingerprint density at radius 1 is 1.04 bits per heavy atom. The molecular weight excluding hydrogens is 320 g/mol. The van der Waals surface area contributed by atoms with Crippen molar-refractivity contribution in [3.05, 3.63) is 47.0 Å². The maximum absolute atomic E-state index is 12.4. The maximum atomic E-state index is 12.4. The molecule has 0 bridgehead atoms. The van der Waals surface area contributed by atoms with Gasteiger partial charge < -0.3 is 11.5 Å². The van der Waals surface area contributed by atoms with Gasteiger partial charge in [0, 0.05) is 0 Å². The minimum atomic E-state index is -0.886. The van der Waals surface area contributed by atoms with Crippen molar-refractivity contribution in [3.63, 3.8) is 0 Å². The van der Waals surface area contributed by atoms with Crippen LogP contribution in [0.2, 0.25) is 0 Å². The van der Waals surface area contributed by atoms with E-state index in [1.54, 1.807) is 24.3 Å². The predicted molar refractivity (Wildman–Crippen MR) is 83.6 cm³/mol. The van der Waals surface area contributed by atoms with Crippen LogP contribution >= 0.6 is 11.3 Å². The lowest BCUT2D eigenvalue weighted by Crippen LogP contribution is -2.28. The number of anilines is 2. The molecule has 1 aliphatic rings. The summed E-state index contributed by atoms with van der Waals surface area (Å²) in [6.45, 7) is 0. The molecule has 0 radical (unpaired) electrons. The Kier molecular flexibility index (Phi) is 3.34. The van der Waals surface area contributed by atoms with E-state index >= 15 is 0 Å². The zero-order valence-corrected chi connectivity index (χ0v) is 12.3. The molecule has 1 aliphatic heterocycles. The third kappa shape index (κ3) is 2.32. The van der Waals surface area contributed by atoms with Crippen LogP contribution in [0.25, 0.3) is 0 Å². The Morgan fingerprint density at radius 3 is 2.09 bits per heavy atom. The van der Waals surface area contributed by atoms with Crippen molar-refractivity contribution < 1.29 is 19.2 Å². The van der Waals surface area contributed by atoms with E-state index in [0.29, 0.717) is 0 Å². The van der Waals surface area contributed by atoms with Gasteiger partial charge in [0.1, 0.15) is 10.0 Å². The Hall–Kier alpha value is -3.20. The number of hydrogen-bond donors (Lipinski definition) is 3. The molecule has 8 nitrogen and oxygen atoms in total. The number of carbonyl (C=O) groups excluding carboxylic acids is 4. The lowest BCUT2D eigenvalue weighted by atomic mass is 10.1. The SMILES string of the molecule is NC(=O)Nc1sc(N2C(=O)c3ccccc3C2=O)cc1C(N)=O. The van der Waals surface area contributed by atoms with E-state index in [2.05, 4.69) is 5.32 Å². The standard InChI is InChI=1S/C14H10N4O4S/c15-10(19)8-5-9(23-11(8)17-14(16)22)18-12(20)6-3-1-2-4-7(6)13(18)21/h1-5H,(H2,15,19)(H3,16,17,22). The monoisotopic (exact) mass is 330 g/mol. The van der Waals surface area contributed by atoms with Crippen LogP contribution in [0.1, 0.15) is 31.1 Å². The Labute approximate surface area is 133 Å². The minimum absolute atomic E-state index is 0.0274. The summed E-state index contributed by atoms with van der Waals surface area (Å²) >= 11 is 0.863. The Bertz CT molecular complexity index is 838. The van der Waals surface area contributed by atoms with Crippen LogP contribution in [-0.4, -0.2) is 23.8 Å². The molecule has 3 rings (SSSR count). The number of nitrogens with one attached hydrogen (secondary N) is 1. The number of urea groups is 1. The lowest BCUT2D eigenvalue weighted by Gasteiger charge is -2.10. The van der Waals surface area contributed by atoms with E-state index in [1.807, 2.05) is 0 Å². The van der Waals surface area contributed by atoms with Gasteiger partial charge in [0.25, 0.3) is 17.7 Å². The van der Waals surface area contributed by atoms with Gasteiger partial charge in [0.2, 0.25) is 0 Å². The first-order valence-corrected chi connectivity index (χ1v) is 7.19. The van der Waals surface area contributed by atoms with Crippen LogP contribution in [0.3, 0.4) is 0 Å². The molecule has 2 heterocycles. The number of primary amides is 2. The summed E-state index contributed by atoms with van der Waals surface area (Å²) in [7, 11) is 0. The first-order chi connectivity index (χ1) is 10.9. The number of fused-ring (bicyclic) bond motifs is 1. The van der Waals surface area contributed by atoms with Gasteiger partial charge in [-0.25, -0.2) is 9.69 Å². The van der Waals surface area contributed by atoms with Gasteiger partial charge in [-0.3, -0.25) is 19.7 Å². The van der Waals surface area contributed by atoms with Crippen molar-refractivity contribution in [2.75, 3.05) is 10.2 Å². The number of thiophene rings is 1.